The Balaban J connectivity index is 2.23. The molecule has 0 amide bonds. The molecule has 0 bridgehead atoms. The number of pyridine rings is 1. The second-order valence-corrected chi connectivity index (χ2v) is 4.99. The number of aromatic nitrogens is 1. The number of rotatable bonds is 5. The van der Waals surface area contributed by atoms with E-state index >= 15 is 0 Å². The minimum atomic E-state index is 0.596. The summed E-state index contributed by atoms with van der Waals surface area (Å²) in [6.07, 6.45) is 6.41. The molecule has 0 saturated heterocycles. The van der Waals surface area contributed by atoms with Gasteiger partial charge in [0.2, 0.25) is 0 Å². The molecule has 0 aromatic carbocycles. The lowest BCUT2D eigenvalue weighted by Crippen LogP contribution is -2.31. The SMILES string of the molecule is CC(C)CN(c1cnccc1CN)C1CC1. The van der Waals surface area contributed by atoms with Crippen molar-refractivity contribution in [2.24, 2.45) is 11.7 Å². The van der Waals surface area contributed by atoms with E-state index in [0.29, 0.717) is 12.5 Å². The van der Waals surface area contributed by atoms with Crippen molar-refractivity contribution in [2.45, 2.75) is 39.3 Å². The second kappa shape index (κ2) is 4.83. The van der Waals surface area contributed by atoms with Crippen molar-refractivity contribution in [3.05, 3.63) is 24.0 Å². The minimum absolute atomic E-state index is 0.596. The van der Waals surface area contributed by atoms with Crippen LogP contribution in [0.25, 0.3) is 0 Å². The zero-order valence-corrected chi connectivity index (χ0v) is 10.2. The highest BCUT2D eigenvalue weighted by molar-refractivity contribution is 5.53. The summed E-state index contributed by atoms with van der Waals surface area (Å²) in [5.74, 6) is 0.673. The molecule has 2 N–H and O–H groups in total. The molecule has 1 saturated carbocycles. The maximum atomic E-state index is 5.79. The van der Waals surface area contributed by atoms with Gasteiger partial charge in [-0.05, 0) is 30.4 Å². The first-order chi connectivity index (χ1) is 7.72. The predicted octanol–water partition coefficient (Wildman–Crippen LogP) is 2.17. The Morgan fingerprint density at radius 2 is 2.25 bits per heavy atom. The van der Waals surface area contributed by atoms with Gasteiger partial charge in [0, 0.05) is 25.3 Å². The molecular formula is C13H21N3. The molecule has 16 heavy (non-hydrogen) atoms. The summed E-state index contributed by atoms with van der Waals surface area (Å²) in [6.45, 7) is 6.21. The van der Waals surface area contributed by atoms with Crippen molar-refractivity contribution in [1.29, 1.82) is 0 Å². The van der Waals surface area contributed by atoms with Crippen molar-refractivity contribution in [2.75, 3.05) is 11.4 Å². The summed E-state index contributed by atoms with van der Waals surface area (Å²) in [6, 6.07) is 2.75. The van der Waals surface area contributed by atoms with Gasteiger partial charge in [-0.15, -0.1) is 0 Å². The van der Waals surface area contributed by atoms with Crippen LogP contribution in [-0.4, -0.2) is 17.6 Å². The molecular weight excluding hydrogens is 198 g/mol. The van der Waals surface area contributed by atoms with Crippen LogP contribution in [0.1, 0.15) is 32.3 Å². The van der Waals surface area contributed by atoms with Gasteiger partial charge in [0.05, 0.1) is 11.9 Å². The molecule has 0 radical (unpaired) electrons. The molecule has 0 unspecified atom stereocenters. The average molecular weight is 219 g/mol. The van der Waals surface area contributed by atoms with Gasteiger partial charge in [-0.2, -0.15) is 0 Å². The van der Waals surface area contributed by atoms with Crippen LogP contribution in [0.3, 0.4) is 0 Å². The van der Waals surface area contributed by atoms with Crippen LogP contribution in [0.5, 0.6) is 0 Å². The zero-order chi connectivity index (χ0) is 11.5. The highest BCUT2D eigenvalue weighted by atomic mass is 15.2. The molecule has 1 aliphatic rings. The molecule has 1 aromatic heterocycles. The molecule has 2 rings (SSSR count). The van der Waals surface area contributed by atoms with Gasteiger partial charge < -0.3 is 10.6 Å². The fourth-order valence-corrected chi connectivity index (χ4v) is 2.07. The van der Waals surface area contributed by atoms with Gasteiger partial charge in [-0.1, -0.05) is 13.8 Å². The largest absolute Gasteiger partial charge is 0.367 e. The van der Waals surface area contributed by atoms with Crippen LogP contribution < -0.4 is 10.6 Å². The molecule has 1 heterocycles. The number of hydrogen-bond donors (Lipinski definition) is 1. The Hall–Kier alpha value is -1.09. The van der Waals surface area contributed by atoms with Crippen molar-refractivity contribution < 1.29 is 0 Å². The molecule has 1 aromatic rings. The van der Waals surface area contributed by atoms with Gasteiger partial charge in [-0.25, -0.2) is 0 Å². The van der Waals surface area contributed by atoms with Crippen molar-refractivity contribution >= 4 is 5.69 Å². The summed E-state index contributed by atoms with van der Waals surface area (Å²) in [5, 5.41) is 0. The van der Waals surface area contributed by atoms with Gasteiger partial charge in [-0.3, -0.25) is 4.98 Å². The molecule has 0 aliphatic heterocycles. The number of nitrogens with two attached hydrogens (primary N) is 1. The Morgan fingerprint density at radius 1 is 1.50 bits per heavy atom. The number of anilines is 1. The van der Waals surface area contributed by atoms with Crippen LogP contribution in [0.15, 0.2) is 18.5 Å². The highest BCUT2D eigenvalue weighted by Crippen LogP contribution is 2.33. The van der Waals surface area contributed by atoms with Gasteiger partial charge in [0.25, 0.3) is 0 Å². The minimum Gasteiger partial charge on any atom is -0.367 e. The maximum absolute atomic E-state index is 5.79. The summed E-state index contributed by atoms with van der Waals surface area (Å²) in [5.41, 5.74) is 8.23. The maximum Gasteiger partial charge on any atom is 0.0600 e. The number of nitrogens with zero attached hydrogens (tertiary/aromatic N) is 2. The van der Waals surface area contributed by atoms with Gasteiger partial charge in [0.15, 0.2) is 0 Å². The molecule has 0 atom stereocenters. The van der Waals surface area contributed by atoms with E-state index in [1.165, 1.54) is 24.1 Å². The number of hydrogen-bond acceptors (Lipinski definition) is 3. The monoisotopic (exact) mass is 219 g/mol. The lowest BCUT2D eigenvalue weighted by atomic mass is 10.1. The summed E-state index contributed by atoms with van der Waals surface area (Å²) < 4.78 is 0. The van der Waals surface area contributed by atoms with E-state index in [-0.39, 0.29) is 0 Å². The molecule has 88 valence electrons. The van der Waals surface area contributed by atoms with E-state index in [1.807, 2.05) is 18.5 Å². The van der Waals surface area contributed by atoms with Crippen LogP contribution in [-0.2, 0) is 6.54 Å². The molecule has 1 aliphatic carbocycles. The standard InChI is InChI=1S/C13H21N3/c1-10(2)9-16(12-3-4-12)13-8-15-6-5-11(13)7-14/h5-6,8,10,12H,3-4,7,9,14H2,1-2H3. The Labute approximate surface area is 97.7 Å². The molecule has 3 nitrogen and oxygen atoms in total. The molecule has 3 heteroatoms. The molecule has 0 spiro atoms. The first kappa shape index (κ1) is 11.4. The van der Waals surface area contributed by atoms with E-state index in [4.69, 9.17) is 5.73 Å². The normalized spacial score (nSPS) is 15.5. The quantitative estimate of drug-likeness (QED) is 0.825. The van der Waals surface area contributed by atoms with E-state index in [9.17, 15) is 0 Å². The predicted molar refractivity (Wildman–Crippen MR) is 67.3 cm³/mol. The van der Waals surface area contributed by atoms with E-state index in [0.717, 1.165) is 12.6 Å². The second-order valence-electron chi connectivity index (χ2n) is 4.99. The lowest BCUT2D eigenvalue weighted by molar-refractivity contribution is 0.605. The van der Waals surface area contributed by atoms with Crippen LogP contribution >= 0.6 is 0 Å². The Kier molecular flexibility index (Phi) is 3.44. The summed E-state index contributed by atoms with van der Waals surface area (Å²) >= 11 is 0. The zero-order valence-electron chi connectivity index (χ0n) is 10.2. The highest BCUT2D eigenvalue weighted by Gasteiger charge is 2.30. The van der Waals surface area contributed by atoms with E-state index < -0.39 is 0 Å². The van der Waals surface area contributed by atoms with Gasteiger partial charge in [0.1, 0.15) is 0 Å². The van der Waals surface area contributed by atoms with Crippen LogP contribution in [0, 0.1) is 5.92 Å². The third-order valence-electron chi connectivity index (χ3n) is 2.97. The van der Waals surface area contributed by atoms with Crippen molar-refractivity contribution in [3.8, 4) is 0 Å². The summed E-state index contributed by atoms with van der Waals surface area (Å²) in [4.78, 5) is 6.72. The van der Waals surface area contributed by atoms with Crippen molar-refractivity contribution in [1.82, 2.24) is 4.98 Å². The fraction of sp³-hybridized carbons (Fsp3) is 0.615. The van der Waals surface area contributed by atoms with Gasteiger partial charge >= 0.3 is 0 Å². The topological polar surface area (TPSA) is 42.2 Å². The van der Waals surface area contributed by atoms with Crippen LogP contribution in [0.2, 0.25) is 0 Å². The Bertz CT molecular complexity index is 345. The third kappa shape index (κ3) is 2.53. The van der Waals surface area contributed by atoms with E-state index in [1.54, 1.807) is 0 Å². The Morgan fingerprint density at radius 3 is 2.81 bits per heavy atom. The first-order valence-electron chi connectivity index (χ1n) is 6.12. The molecule has 1 fully saturated rings. The summed E-state index contributed by atoms with van der Waals surface area (Å²) in [7, 11) is 0. The van der Waals surface area contributed by atoms with Crippen LogP contribution in [0.4, 0.5) is 5.69 Å². The van der Waals surface area contributed by atoms with E-state index in [2.05, 4.69) is 23.7 Å². The fourth-order valence-electron chi connectivity index (χ4n) is 2.07. The smallest absolute Gasteiger partial charge is 0.0600 e. The average Bonchev–Trinajstić information content (AvgIpc) is 3.09. The third-order valence-corrected chi connectivity index (χ3v) is 2.97. The van der Waals surface area contributed by atoms with Crippen molar-refractivity contribution in [3.63, 3.8) is 0 Å². The lowest BCUT2D eigenvalue weighted by Gasteiger charge is -2.28. The first-order valence-corrected chi connectivity index (χ1v) is 6.12.